The molecule has 8 heteroatoms. The molecule has 0 unspecified atom stereocenters. The van der Waals surface area contributed by atoms with E-state index in [2.05, 4.69) is 43.8 Å². The van der Waals surface area contributed by atoms with Crippen molar-refractivity contribution in [2.24, 2.45) is 5.73 Å². The zero-order valence-electron chi connectivity index (χ0n) is 23.9. The van der Waals surface area contributed by atoms with Crippen molar-refractivity contribution >= 4 is 20.0 Å². The Hall–Kier alpha value is -3.85. The molecule has 208 valence electrons. The molecule has 0 saturated heterocycles. The van der Waals surface area contributed by atoms with Gasteiger partial charge in [-0.25, -0.2) is 9.97 Å². The second kappa shape index (κ2) is 12.5. The lowest BCUT2D eigenvalue weighted by Crippen LogP contribution is -2.53. The van der Waals surface area contributed by atoms with Gasteiger partial charge in [-0.1, -0.05) is 81.4 Å². The van der Waals surface area contributed by atoms with Gasteiger partial charge in [0.05, 0.1) is 11.7 Å². The molecule has 1 atom stereocenters. The number of rotatable bonds is 10. The van der Waals surface area contributed by atoms with Crippen molar-refractivity contribution in [2.45, 2.75) is 58.0 Å². The summed E-state index contributed by atoms with van der Waals surface area (Å²) in [6.45, 7) is 11.0. The van der Waals surface area contributed by atoms with E-state index in [-0.39, 0.29) is 10.9 Å². The maximum Gasteiger partial charge on any atom is 0.268 e. The SMILES string of the molecule is CC(C)(C)[Si](C)(C)ON(C(=O)[C@@H](N)Cc1ccccc1)c1cc(-c2ccc(OCc3ccccc3)cc2)ncn1. The van der Waals surface area contributed by atoms with Crippen molar-refractivity contribution < 1.29 is 14.1 Å². The third-order valence-corrected chi connectivity index (χ3v) is 11.5. The van der Waals surface area contributed by atoms with Crippen LogP contribution in [-0.2, 0) is 22.3 Å². The zero-order valence-corrected chi connectivity index (χ0v) is 24.9. The van der Waals surface area contributed by atoms with E-state index in [1.807, 2.05) is 84.9 Å². The van der Waals surface area contributed by atoms with E-state index in [1.54, 1.807) is 6.07 Å². The predicted molar refractivity (Wildman–Crippen MR) is 162 cm³/mol. The molecule has 40 heavy (non-hydrogen) atoms. The number of ether oxygens (including phenoxy) is 1. The van der Waals surface area contributed by atoms with Crippen LogP contribution in [0.5, 0.6) is 5.75 Å². The monoisotopic (exact) mass is 554 g/mol. The number of anilines is 1. The minimum atomic E-state index is -2.42. The molecule has 1 heterocycles. The number of carbonyl (C=O) groups is 1. The fraction of sp³-hybridized carbons (Fsp3) is 0.281. The van der Waals surface area contributed by atoms with Crippen LogP contribution in [0.4, 0.5) is 5.82 Å². The molecule has 0 radical (unpaired) electrons. The second-order valence-electron chi connectivity index (χ2n) is 11.3. The van der Waals surface area contributed by atoms with Gasteiger partial charge in [0, 0.05) is 11.6 Å². The summed E-state index contributed by atoms with van der Waals surface area (Å²) in [6.07, 6.45) is 1.84. The molecule has 0 aliphatic carbocycles. The van der Waals surface area contributed by atoms with E-state index < -0.39 is 14.4 Å². The molecule has 0 aliphatic rings. The first-order chi connectivity index (χ1) is 19.0. The van der Waals surface area contributed by atoms with Crippen LogP contribution in [0, 0.1) is 0 Å². The van der Waals surface area contributed by atoms with Crippen LogP contribution >= 0.6 is 0 Å². The summed E-state index contributed by atoms with van der Waals surface area (Å²) in [5.74, 6) is 0.766. The highest BCUT2D eigenvalue weighted by molar-refractivity contribution is 6.74. The Kier molecular flexibility index (Phi) is 9.14. The Balaban J connectivity index is 1.57. The topological polar surface area (TPSA) is 90.6 Å². The molecule has 0 saturated carbocycles. The summed E-state index contributed by atoms with van der Waals surface area (Å²) in [4.78, 5) is 22.7. The highest BCUT2D eigenvalue weighted by Crippen LogP contribution is 2.38. The standard InChI is InChI=1S/C32H38N4O3Si/c1-32(2,3)40(4,5)39-36(31(37)28(33)20-24-12-8-6-9-13-24)30-21-29(34-23-35-30)26-16-18-27(19-17-26)38-22-25-14-10-7-11-15-25/h6-19,21,23,28H,20,22,33H2,1-5H3/t28-/m0/s1. The van der Waals surface area contributed by atoms with E-state index in [4.69, 9.17) is 15.0 Å². The fourth-order valence-electron chi connectivity index (χ4n) is 3.75. The molecule has 7 nitrogen and oxygen atoms in total. The molecule has 0 bridgehead atoms. The summed E-state index contributed by atoms with van der Waals surface area (Å²) in [7, 11) is -2.42. The number of nitrogens with zero attached hydrogens (tertiary/aromatic N) is 3. The highest BCUT2D eigenvalue weighted by Gasteiger charge is 2.42. The molecule has 3 aromatic carbocycles. The number of hydroxylamine groups is 1. The molecule has 0 spiro atoms. The van der Waals surface area contributed by atoms with Crippen molar-refractivity contribution in [1.29, 1.82) is 0 Å². The van der Waals surface area contributed by atoms with Gasteiger partial charge in [-0.2, -0.15) is 5.06 Å². The maximum atomic E-state index is 13.8. The Morgan fingerprint density at radius 2 is 1.50 bits per heavy atom. The van der Waals surface area contributed by atoms with Crippen LogP contribution in [0.25, 0.3) is 11.3 Å². The van der Waals surface area contributed by atoms with Gasteiger partial charge in [-0.05, 0) is 59.9 Å². The molecule has 1 amide bonds. The number of carbonyl (C=O) groups excluding carboxylic acids is 1. The van der Waals surface area contributed by atoms with Crippen molar-refractivity contribution in [3.05, 3.63) is 108 Å². The Morgan fingerprint density at radius 3 is 2.10 bits per heavy atom. The second-order valence-corrected chi connectivity index (χ2v) is 16.0. The first-order valence-corrected chi connectivity index (χ1v) is 16.4. The average Bonchev–Trinajstić information content (AvgIpc) is 2.95. The first kappa shape index (κ1) is 29.1. The summed E-state index contributed by atoms with van der Waals surface area (Å²) in [5.41, 5.74) is 10.0. The average molecular weight is 555 g/mol. The van der Waals surface area contributed by atoms with Gasteiger partial charge >= 0.3 is 0 Å². The van der Waals surface area contributed by atoms with E-state index in [0.717, 1.165) is 22.4 Å². The normalized spacial score (nSPS) is 12.6. The van der Waals surface area contributed by atoms with Crippen LogP contribution in [-0.4, -0.2) is 30.2 Å². The van der Waals surface area contributed by atoms with E-state index in [9.17, 15) is 4.79 Å². The molecule has 2 N–H and O–H groups in total. The van der Waals surface area contributed by atoms with E-state index in [0.29, 0.717) is 24.5 Å². The summed E-state index contributed by atoms with van der Waals surface area (Å²) in [5, 5.41) is 1.16. The lowest BCUT2D eigenvalue weighted by Gasteiger charge is -2.39. The number of hydrogen-bond donors (Lipinski definition) is 1. The zero-order chi connectivity index (χ0) is 28.8. The molecule has 1 aromatic heterocycles. The highest BCUT2D eigenvalue weighted by atomic mass is 28.4. The summed E-state index contributed by atoms with van der Waals surface area (Å²) < 4.78 is 12.4. The minimum Gasteiger partial charge on any atom is -0.489 e. The smallest absolute Gasteiger partial charge is 0.268 e. The van der Waals surface area contributed by atoms with Crippen LogP contribution < -0.4 is 15.5 Å². The number of nitrogens with two attached hydrogens (primary N) is 1. The van der Waals surface area contributed by atoms with Crippen molar-refractivity contribution in [1.82, 2.24) is 9.97 Å². The largest absolute Gasteiger partial charge is 0.489 e. The van der Waals surface area contributed by atoms with Gasteiger partial charge in [-0.3, -0.25) is 4.79 Å². The van der Waals surface area contributed by atoms with Crippen LogP contribution in [0.15, 0.2) is 97.3 Å². The molecule has 4 rings (SSSR count). The van der Waals surface area contributed by atoms with Crippen molar-refractivity contribution in [3.63, 3.8) is 0 Å². The Labute approximate surface area is 238 Å². The van der Waals surface area contributed by atoms with E-state index in [1.165, 1.54) is 11.4 Å². The molecule has 0 fully saturated rings. The molecule has 0 aliphatic heterocycles. The van der Waals surface area contributed by atoms with Gasteiger partial charge in [0.25, 0.3) is 5.91 Å². The summed E-state index contributed by atoms with van der Waals surface area (Å²) >= 11 is 0. The van der Waals surface area contributed by atoms with Crippen LogP contribution in [0.2, 0.25) is 18.1 Å². The van der Waals surface area contributed by atoms with E-state index >= 15 is 0 Å². The van der Waals surface area contributed by atoms with Gasteiger partial charge in [0.15, 0.2) is 5.82 Å². The minimum absolute atomic E-state index is 0.138. The van der Waals surface area contributed by atoms with Crippen molar-refractivity contribution in [2.75, 3.05) is 5.06 Å². The van der Waals surface area contributed by atoms with Crippen molar-refractivity contribution in [3.8, 4) is 17.0 Å². The van der Waals surface area contributed by atoms with Gasteiger partial charge < -0.3 is 15.0 Å². The fourth-order valence-corrected chi connectivity index (χ4v) is 4.67. The third kappa shape index (κ3) is 7.41. The van der Waals surface area contributed by atoms with Crippen LogP contribution in [0.3, 0.4) is 0 Å². The third-order valence-electron chi connectivity index (χ3n) is 7.20. The summed E-state index contributed by atoms with van der Waals surface area (Å²) in [6, 6.07) is 28.4. The number of amides is 1. The quantitative estimate of drug-likeness (QED) is 0.176. The predicted octanol–water partition coefficient (Wildman–Crippen LogP) is 6.56. The maximum absolute atomic E-state index is 13.8. The van der Waals surface area contributed by atoms with Crippen LogP contribution in [0.1, 0.15) is 31.9 Å². The lowest BCUT2D eigenvalue weighted by molar-refractivity contribution is -0.124. The van der Waals surface area contributed by atoms with Gasteiger partial charge in [-0.15, -0.1) is 0 Å². The molecular weight excluding hydrogens is 516 g/mol. The van der Waals surface area contributed by atoms with Gasteiger partial charge in [0.2, 0.25) is 8.32 Å². The molecular formula is C32H38N4O3Si. The molecule has 4 aromatic rings. The van der Waals surface area contributed by atoms with Gasteiger partial charge in [0.1, 0.15) is 18.7 Å². The Morgan fingerprint density at radius 1 is 0.900 bits per heavy atom. The lowest BCUT2D eigenvalue weighted by atomic mass is 10.1. The Bertz CT molecular complexity index is 1390. The number of hydrogen-bond acceptors (Lipinski definition) is 6. The number of benzene rings is 3. The first-order valence-electron chi connectivity index (χ1n) is 13.5. The number of aromatic nitrogens is 2.